The van der Waals surface area contributed by atoms with Gasteiger partial charge in [-0.25, -0.2) is 0 Å². The lowest BCUT2D eigenvalue weighted by atomic mass is 9.78. The minimum atomic E-state index is -0.0965. The number of furan rings is 1. The van der Waals surface area contributed by atoms with Crippen molar-refractivity contribution in [2.24, 2.45) is 0 Å². The summed E-state index contributed by atoms with van der Waals surface area (Å²) in [4.78, 5) is 6.29. The van der Waals surface area contributed by atoms with Crippen LogP contribution in [0.2, 0.25) is 0 Å². The second-order valence-electron chi connectivity index (χ2n) is 10.2. The molecule has 0 unspecified atom stereocenters. The Labute approximate surface area is 202 Å². The number of hydrogen-bond donors (Lipinski definition) is 0. The van der Waals surface area contributed by atoms with Gasteiger partial charge in [-0.2, -0.15) is 0 Å². The average Bonchev–Trinajstić information content (AvgIpc) is 3.47. The minimum Gasteiger partial charge on any atom is -0.454 e. The van der Waals surface area contributed by atoms with Gasteiger partial charge in [0.1, 0.15) is 5.58 Å². The summed E-state index contributed by atoms with van der Waals surface area (Å²) in [6.45, 7) is 9.18. The van der Waals surface area contributed by atoms with Gasteiger partial charge >= 0.3 is 0 Å². The average molecular weight is 460 g/mol. The highest BCUT2D eigenvalue weighted by atomic mass is 32.1. The Morgan fingerprint density at radius 3 is 2.44 bits per heavy atom. The highest BCUT2D eigenvalue weighted by Crippen LogP contribution is 2.57. The van der Waals surface area contributed by atoms with E-state index in [1.165, 1.54) is 48.2 Å². The van der Waals surface area contributed by atoms with Gasteiger partial charge in [0.05, 0.1) is 11.9 Å². The Bertz CT molecular complexity index is 1770. The summed E-state index contributed by atoms with van der Waals surface area (Å²) in [5.41, 5.74) is 9.40. The van der Waals surface area contributed by atoms with Gasteiger partial charge in [-0.15, -0.1) is 11.3 Å². The Balaban J connectivity index is 1.48. The summed E-state index contributed by atoms with van der Waals surface area (Å²) >= 11 is 1.91. The van der Waals surface area contributed by atoms with Gasteiger partial charge in [0.15, 0.2) is 5.58 Å². The molecular formula is C31H25NOS. The number of hydrogen-bond acceptors (Lipinski definition) is 3. The van der Waals surface area contributed by atoms with E-state index in [0.717, 1.165) is 22.2 Å². The molecule has 34 heavy (non-hydrogen) atoms. The monoisotopic (exact) mass is 459 g/mol. The van der Waals surface area contributed by atoms with E-state index in [4.69, 9.17) is 9.40 Å². The lowest BCUT2D eigenvalue weighted by Gasteiger charge is -2.24. The van der Waals surface area contributed by atoms with Crippen molar-refractivity contribution in [3.8, 4) is 21.7 Å². The van der Waals surface area contributed by atoms with Crippen LogP contribution in [-0.2, 0) is 5.41 Å². The molecule has 3 heteroatoms. The van der Waals surface area contributed by atoms with E-state index in [1.807, 2.05) is 17.5 Å². The van der Waals surface area contributed by atoms with E-state index in [0.29, 0.717) is 5.92 Å². The van der Waals surface area contributed by atoms with E-state index in [1.54, 1.807) is 0 Å². The van der Waals surface area contributed by atoms with E-state index in [-0.39, 0.29) is 5.41 Å². The zero-order valence-corrected chi connectivity index (χ0v) is 20.6. The first-order valence-corrected chi connectivity index (χ1v) is 12.7. The smallest absolute Gasteiger partial charge is 0.153 e. The molecule has 0 N–H and O–H groups in total. The fraction of sp³-hybridized carbons (Fsp3) is 0.194. The molecule has 0 radical (unpaired) electrons. The maximum absolute atomic E-state index is 6.14. The fourth-order valence-electron chi connectivity index (χ4n) is 5.82. The van der Waals surface area contributed by atoms with Crippen LogP contribution in [-0.4, -0.2) is 4.98 Å². The molecule has 0 saturated heterocycles. The van der Waals surface area contributed by atoms with Crippen LogP contribution in [0.25, 0.3) is 53.7 Å². The van der Waals surface area contributed by atoms with Crippen molar-refractivity contribution in [1.82, 2.24) is 4.98 Å². The molecule has 0 saturated carbocycles. The maximum atomic E-state index is 6.14. The van der Waals surface area contributed by atoms with Crippen LogP contribution in [0.4, 0.5) is 0 Å². The molecule has 3 aromatic heterocycles. The SMILES string of the molecule is CC(C)c1ccc2oc3cnc(-c4cccc5c4C(C)(C)c4c-5sc5ccccc45)cc3c2c1. The summed E-state index contributed by atoms with van der Waals surface area (Å²) in [5, 5.41) is 3.68. The molecule has 1 aliphatic carbocycles. The highest BCUT2D eigenvalue weighted by molar-refractivity contribution is 7.22. The Morgan fingerprint density at radius 1 is 0.794 bits per heavy atom. The molecule has 1 aliphatic rings. The first kappa shape index (κ1) is 20.0. The van der Waals surface area contributed by atoms with Gasteiger partial charge in [-0.3, -0.25) is 4.98 Å². The third-order valence-electron chi connectivity index (χ3n) is 7.48. The lowest BCUT2D eigenvalue weighted by molar-refractivity contribution is 0.666. The summed E-state index contributed by atoms with van der Waals surface area (Å²) in [5.74, 6) is 0.475. The number of pyridine rings is 1. The number of aromatic nitrogens is 1. The summed E-state index contributed by atoms with van der Waals surface area (Å²) in [6, 6.07) is 24.3. The van der Waals surface area contributed by atoms with Crippen LogP contribution < -0.4 is 0 Å². The molecule has 6 aromatic rings. The van der Waals surface area contributed by atoms with Crippen molar-refractivity contribution in [2.75, 3.05) is 0 Å². The largest absolute Gasteiger partial charge is 0.454 e. The minimum absolute atomic E-state index is 0.0965. The molecule has 0 aliphatic heterocycles. The standard InChI is InChI=1S/C31H25NOS/c1-17(2)18-12-13-25-22(14-18)23-15-24(32-16-26(23)33-25)19-9-7-10-21-28(19)31(3,4)29-20-8-5-6-11-27(20)34-30(21)29/h5-17H,1-4H3. The van der Waals surface area contributed by atoms with E-state index in [2.05, 4.69) is 94.4 Å². The topological polar surface area (TPSA) is 26.0 Å². The normalized spacial score (nSPS) is 14.4. The van der Waals surface area contributed by atoms with E-state index < -0.39 is 0 Å². The number of rotatable bonds is 2. The predicted octanol–water partition coefficient (Wildman–Crippen LogP) is 9.29. The van der Waals surface area contributed by atoms with Crippen molar-refractivity contribution in [1.29, 1.82) is 0 Å². The first-order chi connectivity index (χ1) is 16.4. The first-order valence-electron chi connectivity index (χ1n) is 11.9. The van der Waals surface area contributed by atoms with Crippen LogP contribution >= 0.6 is 11.3 Å². The molecule has 0 atom stereocenters. The zero-order valence-electron chi connectivity index (χ0n) is 19.8. The summed E-state index contributed by atoms with van der Waals surface area (Å²) in [7, 11) is 0. The molecule has 3 heterocycles. The number of nitrogens with zero attached hydrogens (tertiary/aromatic N) is 1. The second-order valence-corrected chi connectivity index (χ2v) is 11.3. The number of benzene rings is 3. The van der Waals surface area contributed by atoms with E-state index >= 15 is 0 Å². The van der Waals surface area contributed by atoms with Crippen LogP contribution in [0.1, 0.15) is 50.3 Å². The van der Waals surface area contributed by atoms with Crippen LogP contribution in [0.15, 0.2) is 77.3 Å². The molecule has 2 nitrogen and oxygen atoms in total. The Hall–Kier alpha value is -3.43. The quantitative estimate of drug-likeness (QED) is 0.258. The Kier molecular flexibility index (Phi) is 4.00. The molecule has 0 fully saturated rings. The van der Waals surface area contributed by atoms with E-state index in [9.17, 15) is 0 Å². The van der Waals surface area contributed by atoms with Gasteiger partial charge in [0.2, 0.25) is 0 Å². The highest BCUT2D eigenvalue weighted by Gasteiger charge is 2.40. The van der Waals surface area contributed by atoms with Gasteiger partial charge in [-0.1, -0.05) is 70.2 Å². The fourth-order valence-corrected chi connectivity index (χ4v) is 7.21. The zero-order chi connectivity index (χ0) is 23.2. The molecule has 0 spiro atoms. The van der Waals surface area contributed by atoms with Crippen molar-refractivity contribution in [3.05, 3.63) is 89.6 Å². The van der Waals surface area contributed by atoms with Crippen LogP contribution in [0, 0.1) is 0 Å². The maximum Gasteiger partial charge on any atom is 0.153 e. The van der Waals surface area contributed by atoms with Crippen molar-refractivity contribution < 1.29 is 4.42 Å². The predicted molar refractivity (Wildman–Crippen MR) is 144 cm³/mol. The van der Waals surface area contributed by atoms with Crippen molar-refractivity contribution in [2.45, 2.75) is 39.0 Å². The second kappa shape index (κ2) is 6.80. The third kappa shape index (κ3) is 2.59. The van der Waals surface area contributed by atoms with Crippen LogP contribution in [0.3, 0.4) is 0 Å². The molecule has 7 rings (SSSR count). The Morgan fingerprint density at radius 2 is 1.59 bits per heavy atom. The number of fused-ring (bicyclic) bond motifs is 8. The summed E-state index contributed by atoms with van der Waals surface area (Å²) in [6.07, 6.45) is 1.90. The summed E-state index contributed by atoms with van der Waals surface area (Å²) < 4.78 is 7.50. The molecule has 166 valence electrons. The van der Waals surface area contributed by atoms with Gasteiger partial charge < -0.3 is 4.42 Å². The van der Waals surface area contributed by atoms with Gasteiger partial charge in [0.25, 0.3) is 0 Å². The lowest BCUT2D eigenvalue weighted by Crippen LogP contribution is -2.16. The van der Waals surface area contributed by atoms with Crippen molar-refractivity contribution >= 4 is 43.4 Å². The molecule has 0 amide bonds. The van der Waals surface area contributed by atoms with Gasteiger partial charge in [0, 0.05) is 31.3 Å². The third-order valence-corrected chi connectivity index (χ3v) is 8.68. The van der Waals surface area contributed by atoms with Gasteiger partial charge in [-0.05, 0) is 57.8 Å². The van der Waals surface area contributed by atoms with Crippen LogP contribution in [0.5, 0.6) is 0 Å². The molecule has 0 bridgehead atoms. The van der Waals surface area contributed by atoms with Crippen molar-refractivity contribution in [3.63, 3.8) is 0 Å². The molecular weight excluding hydrogens is 434 g/mol. The number of thiophene rings is 1. The molecule has 3 aromatic carbocycles.